The average molecular weight is 661 g/mol. The standard InChI is InChI=1S/C31H24N4O11S/c1-4-43-30(37)27-16(2)32-31-33(28(27)18-6-9-22-25(13-18)45-15-44-22)29(36)26(47-31)12-17-5-8-23(24(11-17)42-3)46-21-10-7-19(34(38)39)14-20(21)35(40)41/h5-14,28H,4,15H2,1-3H3/b26-12+/t28-/m0/s1. The Kier molecular flexibility index (Phi) is 8.17. The van der Waals surface area contributed by atoms with Crippen LogP contribution >= 0.6 is 11.3 Å². The molecule has 0 spiro atoms. The van der Waals surface area contributed by atoms with Crippen molar-refractivity contribution in [3.05, 3.63) is 117 Å². The van der Waals surface area contributed by atoms with Crippen LogP contribution in [0.25, 0.3) is 6.08 Å². The monoisotopic (exact) mass is 660 g/mol. The smallest absolute Gasteiger partial charge is 0.338 e. The minimum absolute atomic E-state index is 0.0548. The molecule has 0 saturated carbocycles. The number of fused-ring (bicyclic) bond motifs is 2. The third kappa shape index (κ3) is 5.77. The van der Waals surface area contributed by atoms with Crippen LogP contribution < -0.4 is 33.8 Å². The Labute approximate surface area is 268 Å². The maximum Gasteiger partial charge on any atom is 0.338 e. The van der Waals surface area contributed by atoms with Gasteiger partial charge in [0.1, 0.15) is 0 Å². The number of benzene rings is 3. The normalized spacial score (nSPS) is 15.1. The summed E-state index contributed by atoms with van der Waals surface area (Å²) in [5.41, 5.74) is 0.280. The molecule has 15 nitrogen and oxygen atoms in total. The molecule has 0 radical (unpaired) electrons. The number of aromatic nitrogens is 1. The van der Waals surface area contributed by atoms with E-state index in [0.717, 1.165) is 29.5 Å². The van der Waals surface area contributed by atoms with Gasteiger partial charge in [-0.15, -0.1) is 0 Å². The van der Waals surface area contributed by atoms with Crippen LogP contribution in [-0.4, -0.2) is 40.9 Å². The van der Waals surface area contributed by atoms with Gasteiger partial charge in [-0.1, -0.05) is 23.5 Å². The fourth-order valence-corrected chi connectivity index (χ4v) is 6.21. The van der Waals surface area contributed by atoms with Gasteiger partial charge in [-0.05, 0) is 61.4 Å². The molecule has 0 unspecified atom stereocenters. The second-order valence-electron chi connectivity index (χ2n) is 10.1. The maximum atomic E-state index is 14.0. The number of esters is 1. The number of nitro benzene ring substituents is 2. The van der Waals surface area contributed by atoms with Gasteiger partial charge in [0.25, 0.3) is 11.2 Å². The molecule has 0 aliphatic carbocycles. The second-order valence-corrected chi connectivity index (χ2v) is 11.1. The van der Waals surface area contributed by atoms with E-state index >= 15 is 0 Å². The first-order valence-electron chi connectivity index (χ1n) is 14.0. The second kappa shape index (κ2) is 12.4. The Balaban J connectivity index is 1.41. The molecule has 0 N–H and O–H groups in total. The Hall–Kier alpha value is -6.03. The van der Waals surface area contributed by atoms with E-state index in [0.29, 0.717) is 37.7 Å². The number of carbonyl (C=O) groups excluding carboxylic acids is 1. The summed E-state index contributed by atoms with van der Waals surface area (Å²) < 4.78 is 29.3. The van der Waals surface area contributed by atoms with Crippen LogP contribution in [0.1, 0.15) is 31.0 Å². The lowest BCUT2D eigenvalue weighted by atomic mass is 9.95. The molecule has 0 fully saturated rings. The summed E-state index contributed by atoms with van der Waals surface area (Å²) in [5.74, 6) is 0.481. The molecule has 0 bridgehead atoms. The quantitative estimate of drug-likeness (QED) is 0.143. The number of nitrogens with zero attached hydrogens (tertiary/aromatic N) is 4. The zero-order valence-electron chi connectivity index (χ0n) is 25.0. The molecule has 2 aliphatic heterocycles. The molecule has 47 heavy (non-hydrogen) atoms. The predicted molar refractivity (Wildman–Crippen MR) is 166 cm³/mol. The van der Waals surface area contributed by atoms with Gasteiger partial charge in [0.2, 0.25) is 12.5 Å². The minimum Gasteiger partial charge on any atom is -0.493 e. The van der Waals surface area contributed by atoms with E-state index in [-0.39, 0.29) is 36.2 Å². The Morgan fingerprint density at radius 3 is 2.53 bits per heavy atom. The molecule has 2 aliphatic rings. The number of hydrogen-bond acceptors (Lipinski definition) is 13. The van der Waals surface area contributed by atoms with E-state index < -0.39 is 38.8 Å². The Morgan fingerprint density at radius 1 is 1.04 bits per heavy atom. The molecule has 3 aromatic carbocycles. The van der Waals surface area contributed by atoms with E-state index in [1.807, 2.05) is 0 Å². The predicted octanol–water partition coefficient (Wildman–Crippen LogP) is 4.14. The van der Waals surface area contributed by atoms with Gasteiger partial charge in [-0.2, -0.15) is 0 Å². The first kappa shape index (κ1) is 31.0. The topological polar surface area (TPSA) is 184 Å². The van der Waals surface area contributed by atoms with E-state index in [1.165, 1.54) is 17.7 Å². The fraction of sp³-hybridized carbons (Fsp3) is 0.194. The lowest BCUT2D eigenvalue weighted by Gasteiger charge is -2.24. The maximum absolute atomic E-state index is 14.0. The highest BCUT2D eigenvalue weighted by Crippen LogP contribution is 2.40. The van der Waals surface area contributed by atoms with Gasteiger partial charge >= 0.3 is 11.7 Å². The molecule has 1 aromatic heterocycles. The molecular formula is C31H24N4O11S. The van der Waals surface area contributed by atoms with Gasteiger partial charge in [0, 0.05) is 6.07 Å². The summed E-state index contributed by atoms with van der Waals surface area (Å²) in [6.07, 6.45) is 1.62. The molecule has 16 heteroatoms. The average Bonchev–Trinajstić information content (AvgIpc) is 3.64. The third-order valence-electron chi connectivity index (χ3n) is 7.28. The van der Waals surface area contributed by atoms with Crippen LogP contribution in [0.3, 0.4) is 0 Å². The molecule has 240 valence electrons. The number of thiazole rings is 1. The van der Waals surface area contributed by atoms with Gasteiger partial charge in [-0.3, -0.25) is 29.6 Å². The lowest BCUT2D eigenvalue weighted by Crippen LogP contribution is -2.39. The van der Waals surface area contributed by atoms with Crippen LogP contribution in [-0.2, 0) is 9.53 Å². The zero-order valence-corrected chi connectivity index (χ0v) is 25.8. The van der Waals surface area contributed by atoms with Crippen molar-refractivity contribution in [2.45, 2.75) is 19.9 Å². The van der Waals surface area contributed by atoms with Gasteiger partial charge in [-0.25, -0.2) is 9.79 Å². The number of methoxy groups -OCH3 is 1. The van der Waals surface area contributed by atoms with Crippen molar-refractivity contribution in [1.82, 2.24) is 4.57 Å². The van der Waals surface area contributed by atoms with Crippen molar-refractivity contribution in [2.75, 3.05) is 20.5 Å². The highest BCUT2D eigenvalue weighted by Gasteiger charge is 2.34. The lowest BCUT2D eigenvalue weighted by molar-refractivity contribution is -0.394. The highest BCUT2D eigenvalue weighted by atomic mass is 32.1. The van der Waals surface area contributed by atoms with Gasteiger partial charge in [0.15, 0.2) is 27.8 Å². The minimum atomic E-state index is -0.857. The molecule has 6 rings (SSSR count). The summed E-state index contributed by atoms with van der Waals surface area (Å²) in [4.78, 5) is 53.3. The van der Waals surface area contributed by atoms with E-state index in [2.05, 4.69) is 4.99 Å². The number of rotatable bonds is 9. The van der Waals surface area contributed by atoms with Gasteiger partial charge < -0.3 is 23.7 Å². The number of nitro groups is 2. The summed E-state index contributed by atoms with van der Waals surface area (Å²) in [5, 5.41) is 22.7. The van der Waals surface area contributed by atoms with E-state index in [4.69, 9.17) is 23.7 Å². The number of ether oxygens (including phenoxy) is 5. The van der Waals surface area contributed by atoms with Crippen LogP contribution in [0, 0.1) is 20.2 Å². The summed E-state index contributed by atoms with van der Waals surface area (Å²) in [6, 6.07) is 12.0. The molecular weight excluding hydrogens is 636 g/mol. The Morgan fingerprint density at radius 2 is 1.81 bits per heavy atom. The number of non-ortho nitro benzene ring substituents is 1. The summed E-state index contributed by atoms with van der Waals surface area (Å²) in [7, 11) is 1.37. The highest BCUT2D eigenvalue weighted by molar-refractivity contribution is 7.07. The Bertz CT molecular complexity index is 2190. The van der Waals surface area contributed by atoms with E-state index in [9.17, 15) is 29.8 Å². The van der Waals surface area contributed by atoms with Crippen molar-refractivity contribution in [2.24, 2.45) is 4.99 Å². The fourth-order valence-electron chi connectivity index (χ4n) is 5.17. The zero-order chi connectivity index (χ0) is 33.4. The van der Waals surface area contributed by atoms with E-state index in [1.54, 1.807) is 50.3 Å². The number of carbonyl (C=O) groups is 1. The van der Waals surface area contributed by atoms with Crippen molar-refractivity contribution >= 4 is 34.8 Å². The SMILES string of the molecule is CCOC(=O)C1=C(C)N=c2s/c(=C/c3ccc(Oc4ccc([N+](=O)[O-])cc4[N+](=O)[O-])c(OC)c3)c(=O)n2[C@H]1c1ccc2c(c1)OCO2. The van der Waals surface area contributed by atoms with Crippen molar-refractivity contribution in [1.29, 1.82) is 0 Å². The largest absolute Gasteiger partial charge is 0.493 e. The van der Waals surface area contributed by atoms with Crippen LogP contribution in [0.15, 0.2) is 75.7 Å². The van der Waals surface area contributed by atoms with Crippen molar-refractivity contribution in [3.63, 3.8) is 0 Å². The third-order valence-corrected chi connectivity index (χ3v) is 8.27. The van der Waals surface area contributed by atoms with Gasteiger partial charge in [0.05, 0.1) is 51.5 Å². The molecule has 3 heterocycles. The summed E-state index contributed by atoms with van der Waals surface area (Å²) >= 11 is 1.12. The first-order valence-corrected chi connectivity index (χ1v) is 14.8. The van der Waals surface area contributed by atoms with Crippen LogP contribution in [0.4, 0.5) is 11.4 Å². The van der Waals surface area contributed by atoms with Crippen molar-refractivity contribution in [3.8, 4) is 28.7 Å². The first-order chi connectivity index (χ1) is 22.6. The summed E-state index contributed by atoms with van der Waals surface area (Å²) in [6.45, 7) is 3.56. The molecule has 0 saturated heterocycles. The van der Waals surface area contributed by atoms with Crippen LogP contribution in [0.5, 0.6) is 28.7 Å². The number of hydrogen-bond donors (Lipinski definition) is 0. The van der Waals surface area contributed by atoms with Crippen LogP contribution in [0.2, 0.25) is 0 Å². The molecule has 1 atom stereocenters. The number of allylic oxidation sites excluding steroid dienone is 1. The molecule has 0 amide bonds. The van der Waals surface area contributed by atoms with Crippen molar-refractivity contribution < 1.29 is 38.3 Å². The molecule has 4 aromatic rings.